The highest BCUT2D eigenvalue weighted by atomic mass is 35.5. The van der Waals surface area contributed by atoms with E-state index in [1.54, 1.807) is 4.68 Å². The summed E-state index contributed by atoms with van der Waals surface area (Å²) in [6.45, 7) is 1.90. The largest absolute Gasteiger partial charge is 0.361 e. The maximum absolute atomic E-state index is 13.7. The van der Waals surface area contributed by atoms with Crippen LogP contribution < -0.4 is 10.6 Å². The number of aromatic nitrogens is 4. The minimum atomic E-state index is -0.474. The lowest BCUT2D eigenvalue weighted by Gasteiger charge is -2.28. The zero-order chi connectivity index (χ0) is 25.4. The molecule has 9 heteroatoms. The molecule has 0 saturated carbocycles. The van der Waals surface area contributed by atoms with Crippen molar-refractivity contribution in [3.63, 3.8) is 0 Å². The summed E-state index contributed by atoms with van der Waals surface area (Å²) >= 11 is 7.85. The van der Waals surface area contributed by atoms with Crippen LogP contribution in [-0.4, -0.2) is 25.7 Å². The van der Waals surface area contributed by atoms with Gasteiger partial charge in [-0.15, -0.1) is 5.10 Å². The summed E-state index contributed by atoms with van der Waals surface area (Å²) in [7, 11) is 0. The summed E-state index contributed by atoms with van der Waals surface area (Å²) in [5.41, 5.74) is 4.99. The van der Waals surface area contributed by atoms with Crippen molar-refractivity contribution in [1.82, 2.24) is 19.7 Å². The molecule has 6 rings (SSSR count). The van der Waals surface area contributed by atoms with E-state index in [9.17, 15) is 4.79 Å². The Bertz CT molecular complexity index is 1640. The third-order valence-corrected chi connectivity index (χ3v) is 7.60. The molecule has 0 radical (unpaired) electrons. The third kappa shape index (κ3) is 4.50. The lowest BCUT2D eigenvalue weighted by Crippen LogP contribution is -2.31. The highest BCUT2D eigenvalue weighted by Gasteiger charge is 2.35. The zero-order valence-electron chi connectivity index (χ0n) is 19.9. The van der Waals surface area contributed by atoms with Crippen LogP contribution >= 0.6 is 23.4 Å². The van der Waals surface area contributed by atoms with Crippen LogP contribution in [0.25, 0.3) is 10.9 Å². The summed E-state index contributed by atoms with van der Waals surface area (Å²) in [5, 5.41) is 13.5. The first-order valence-electron chi connectivity index (χ1n) is 11.8. The van der Waals surface area contributed by atoms with Gasteiger partial charge in [0.2, 0.25) is 11.1 Å². The van der Waals surface area contributed by atoms with E-state index in [1.165, 1.54) is 11.8 Å². The number of rotatable bonds is 6. The van der Waals surface area contributed by atoms with Gasteiger partial charge in [-0.1, -0.05) is 78.0 Å². The number of amides is 1. The fraction of sp³-hybridized carbons (Fsp3) is 0.107. The van der Waals surface area contributed by atoms with Crippen LogP contribution in [0.2, 0.25) is 5.02 Å². The monoisotopic (exact) mass is 526 g/mol. The van der Waals surface area contributed by atoms with E-state index in [4.69, 9.17) is 21.7 Å². The average molecular weight is 527 g/mol. The molecule has 0 aliphatic carbocycles. The van der Waals surface area contributed by atoms with Gasteiger partial charge in [0.15, 0.2) is 0 Å². The molecule has 1 aliphatic heterocycles. The Morgan fingerprint density at radius 3 is 2.65 bits per heavy atom. The molecular formula is C28H23ClN6OS. The van der Waals surface area contributed by atoms with Gasteiger partial charge < -0.3 is 15.6 Å². The molecule has 1 atom stereocenters. The smallest absolute Gasteiger partial charge is 0.255 e. The minimum Gasteiger partial charge on any atom is -0.361 e. The molecule has 0 fully saturated rings. The highest BCUT2D eigenvalue weighted by molar-refractivity contribution is 7.98. The van der Waals surface area contributed by atoms with Gasteiger partial charge in [0, 0.05) is 44.8 Å². The maximum Gasteiger partial charge on any atom is 0.255 e. The fourth-order valence-electron chi connectivity index (χ4n) is 4.57. The molecule has 1 aliphatic rings. The molecule has 0 saturated heterocycles. The quantitative estimate of drug-likeness (QED) is 0.216. The first-order chi connectivity index (χ1) is 18.1. The summed E-state index contributed by atoms with van der Waals surface area (Å²) in [5.74, 6) is 1.03. The highest BCUT2D eigenvalue weighted by Crippen LogP contribution is 2.39. The lowest BCUT2D eigenvalue weighted by atomic mass is 9.94. The molecule has 0 bridgehead atoms. The second kappa shape index (κ2) is 9.80. The summed E-state index contributed by atoms with van der Waals surface area (Å²) in [6.07, 6.45) is 1.95. The molecule has 1 amide bonds. The summed E-state index contributed by atoms with van der Waals surface area (Å²) in [4.78, 5) is 21.8. The number of H-pyrrole nitrogens is 1. The Morgan fingerprint density at radius 2 is 1.81 bits per heavy atom. The van der Waals surface area contributed by atoms with Crippen LogP contribution in [0.1, 0.15) is 24.1 Å². The molecule has 0 spiro atoms. The van der Waals surface area contributed by atoms with Crippen molar-refractivity contribution in [1.29, 1.82) is 0 Å². The van der Waals surface area contributed by atoms with Crippen molar-refractivity contribution in [3.05, 3.63) is 112 Å². The predicted octanol–water partition coefficient (Wildman–Crippen LogP) is 6.63. The van der Waals surface area contributed by atoms with Crippen LogP contribution in [0.4, 0.5) is 11.6 Å². The number of nitrogens with zero attached hydrogens (tertiary/aromatic N) is 3. The third-order valence-electron chi connectivity index (χ3n) is 6.34. The fourth-order valence-corrected chi connectivity index (χ4v) is 5.69. The van der Waals surface area contributed by atoms with E-state index in [0.29, 0.717) is 27.5 Å². The number of nitrogens with one attached hydrogen (secondary N) is 3. The van der Waals surface area contributed by atoms with Crippen molar-refractivity contribution in [2.24, 2.45) is 0 Å². The number of anilines is 2. The van der Waals surface area contributed by atoms with Crippen molar-refractivity contribution < 1.29 is 4.79 Å². The SMILES string of the molecule is CC1=C(C(=O)Nc2ccccc2)C(c2c[nH]c3ccccc23)n2nc(SCc3ccccc3Cl)nc2N1. The maximum atomic E-state index is 13.7. The van der Waals surface area contributed by atoms with E-state index in [1.807, 2.05) is 85.9 Å². The Balaban J connectivity index is 1.40. The van der Waals surface area contributed by atoms with Gasteiger partial charge in [0.1, 0.15) is 6.04 Å². The van der Waals surface area contributed by atoms with Crippen LogP contribution in [0.15, 0.2) is 101 Å². The minimum absolute atomic E-state index is 0.196. The molecule has 3 heterocycles. The number of carbonyl (C=O) groups is 1. The first kappa shape index (κ1) is 23.4. The topological polar surface area (TPSA) is 87.6 Å². The van der Waals surface area contributed by atoms with Crippen LogP contribution in [-0.2, 0) is 10.5 Å². The number of fused-ring (bicyclic) bond motifs is 2. The Labute approximate surface area is 223 Å². The molecule has 3 N–H and O–H groups in total. The Hall–Kier alpha value is -4.01. The van der Waals surface area contributed by atoms with Crippen LogP contribution in [0.5, 0.6) is 0 Å². The molecule has 37 heavy (non-hydrogen) atoms. The molecular weight excluding hydrogens is 504 g/mol. The summed E-state index contributed by atoms with van der Waals surface area (Å²) in [6, 6.07) is 24.8. The van der Waals surface area contributed by atoms with Gasteiger partial charge in [0.25, 0.3) is 5.91 Å². The van der Waals surface area contributed by atoms with Gasteiger partial charge in [-0.05, 0) is 36.8 Å². The van der Waals surface area contributed by atoms with Crippen molar-refractivity contribution in [3.8, 4) is 0 Å². The molecule has 184 valence electrons. The number of allylic oxidation sites excluding steroid dienone is 1. The van der Waals surface area contributed by atoms with Gasteiger partial charge in [-0.2, -0.15) is 4.98 Å². The van der Waals surface area contributed by atoms with Crippen molar-refractivity contribution in [2.45, 2.75) is 23.9 Å². The van der Waals surface area contributed by atoms with Gasteiger partial charge >= 0.3 is 0 Å². The second-order valence-corrected chi connectivity index (χ2v) is 10.1. The molecule has 2 aromatic heterocycles. The predicted molar refractivity (Wildman–Crippen MR) is 149 cm³/mol. The van der Waals surface area contributed by atoms with Crippen LogP contribution in [0, 0.1) is 0 Å². The number of hydrogen-bond acceptors (Lipinski definition) is 5. The van der Waals surface area contributed by atoms with Gasteiger partial charge in [0.05, 0.1) is 5.57 Å². The van der Waals surface area contributed by atoms with E-state index >= 15 is 0 Å². The van der Waals surface area contributed by atoms with E-state index in [-0.39, 0.29) is 5.91 Å². The van der Waals surface area contributed by atoms with Gasteiger partial charge in [-0.25, -0.2) is 4.68 Å². The molecule has 7 nitrogen and oxygen atoms in total. The lowest BCUT2D eigenvalue weighted by molar-refractivity contribution is -0.113. The number of halogens is 1. The normalized spacial score (nSPS) is 14.9. The Kier molecular flexibility index (Phi) is 6.20. The van der Waals surface area contributed by atoms with E-state index in [0.717, 1.165) is 33.4 Å². The number of thioether (sulfide) groups is 1. The van der Waals surface area contributed by atoms with E-state index < -0.39 is 6.04 Å². The number of para-hydroxylation sites is 2. The van der Waals surface area contributed by atoms with Crippen molar-refractivity contribution >= 4 is 51.8 Å². The number of hydrogen-bond donors (Lipinski definition) is 3. The number of carbonyl (C=O) groups excluding carboxylic acids is 1. The first-order valence-corrected chi connectivity index (χ1v) is 13.2. The van der Waals surface area contributed by atoms with Crippen molar-refractivity contribution in [2.75, 3.05) is 10.6 Å². The number of benzene rings is 3. The second-order valence-electron chi connectivity index (χ2n) is 8.72. The zero-order valence-corrected chi connectivity index (χ0v) is 21.5. The Morgan fingerprint density at radius 1 is 1.05 bits per heavy atom. The molecule has 1 unspecified atom stereocenters. The standard InChI is InChI=1S/C28H23ClN6OS/c1-17-24(26(36)32-19-10-3-2-4-11-19)25(21-15-30-23-14-8-6-12-20(21)23)35-27(31-17)33-28(34-35)37-16-18-9-5-7-13-22(18)29/h2-15,25,30H,16H2,1H3,(H,32,36)(H,31,33,34). The van der Waals surface area contributed by atoms with Crippen LogP contribution in [0.3, 0.4) is 0 Å². The van der Waals surface area contributed by atoms with Gasteiger partial charge in [-0.3, -0.25) is 4.79 Å². The number of aromatic amines is 1. The average Bonchev–Trinajstić information content (AvgIpc) is 3.52. The van der Waals surface area contributed by atoms with E-state index in [2.05, 4.69) is 21.7 Å². The molecule has 5 aromatic rings. The summed E-state index contributed by atoms with van der Waals surface area (Å²) < 4.78 is 1.80. The molecule has 3 aromatic carbocycles.